The topological polar surface area (TPSA) is 103 Å². The Balaban J connectivity index is 1.53. The average Bonchev–Trinajstić information content (AvgIpc) is 3.23. The molecule has 8 nitrogen and oxygen atoms in total. The van der Waals surface area contributed by atoms with E-state index in [1.165, 1.54) is 6.33 Å². The van der Waals surface area contributed by atoms with Gasteiger partial charge in [0, 0.05) is 24.2 Å². The summed E-state index contributed by atoms with van der Waals surface area (Å²) in [4.78, 5) is 4.11. The van der Waals surface area contributed by atoms with Gasteiger partial charge in [0.15, 0.2) is 5.65 Å². The molecule has 0 aromatic carbocycles. The summed E-state index contributed by atoms with van der Waals surface area (Å²) < 4.78 is 32.0. The van der Waals surface area contributed by atoms with E-state index < -0.39 is 15.1 Å². The van der Waals surface area contributed by atoms with Crippen molar-refractivity contribution in [3.05, 3.63) is 35.1 Å². The fourth-order valence-electron chi connectivity index (χ4n) is 3.37. The Morgan fingerprint density at radius 2 is 2.00 bits per heavy atom. The van der Waals surface area contributed by atoms with Crippen LogP contribution < -0.4 is 0 Å². The lowest BCUT2D eigenvalue weighted by atomic mass is 9.84. The van der Waals surface area contributed by atoms with Crippen LogP contribution in [0.5, 0.6) is 0 Å². The molecule has 0 unspecified atom stereocenters. The average molecular weight is 382 g/mol. The third kappa shape index (κ3) is 2.91. The lowest BCUT2D eigenvalue weighted by molar-refractivity contribution is 0.390. The van der Waals surface area contributed by atoms with Gasteiger partial charge in [-0.1, -0.05) is 16.7 Å². The number of hydrogen-bond donors (Lipinski definition) is 0. The van der Waals surface area contributed by atoms with E-state index in [2.05, 4.69) is 20.3 Å². The fraction of sp³-hybridized carbons (Fsp3) is 0.467. The molecule has 3 aromatic heterocycles. The fourth-order valence-corrected chi connectivity index (χ4v) is 5.24. The minimum Gasteiger partial charge on any atom is -0.413 e. The zero-order chi connectivity index (χ0) is 17.6. The van der Waals surface area contributed by atoms with Gasteiger partial charge in [0.1, 0.15) is 6.33 Å². The highest BCUT2D eigenvalue weighted by molar-refractivity contribution is 7.91. The zero-order valence-corrected chi connectivity index (χ0v) is 15.0. The standard InChI is InChI=1S/C15H16ClN5O3S/c1-9-19-20-15(24-9)25(22,23)11-4-2-10(3-5-11)12-7-21-14(6-13(12)16)17-8-18-21/h6-8,10-11H,2-5H2,1H3/t10-,11-. The van der Waals surface area contributed by atoms with Crippen LogP contribution >= 0.6 is 11.6 Å². The molecule has 25 heavy (non-hydrogen) atoms. The van der Waals surface area contributed by atoms with Crippen LogP contribution in [-0.2, 0) is 9.84 Å². The van der Waals surface area contributed by atoms with Crippen molar-refractivity contribution in [1.82, 2.24) is 24.8 Å². The van der Waals surface area contributed by atoms with Crippen molar-refractivity contribution in [2.24, 2.45) is 0 Å². The molecule has 0 radical (unpaired) electrons. The number of rotatable bonds is 3. The van der Waals surface area contributed by atoms with Crippen molar-refractivity contribution < 1.29 is 12.8 Å². The molecule has 0 saturated heterocycles. The van der Waals surface area contributed by atoms with Gasteiger partial charge in [-0.05, 0) is 37.2 Å². The molecule has 0 atom stereocenters. The minimum absolute atomic E-state index is 0.192. The lowest BCUT2D eigenvalue weighted by Gasteiger charge is -2.28. The highest BCUT2D eigenvalue weighted by Crippen LogP contribution is 2.39. The van der Waals surface area contributed by atoms with E-state index >= 15 is 0 Å². The molecule has 3 heterocycles. The lowest BCUT2D eigenvalue weighted by Crippen LogP contribution is -2.27. The number of nitrogens with zero attached hydrogens (tertiary/aromatic N) is 5. The summed E-state index contributed by atoms with van der Waals surface area (Å²) in [6.07, 6.45) is 5.85. The van der Waals surface area contributed by atoms with Gasteiger partial charge in [-0.2, -0.15) is 5.10 Å². The Morgan fingerprint density at radius 1 is 1.24 bits per heavy atom. The van der Waals surface area contributed by atoms with Gasteiger partial charge in [-0.15, -0.1) is 5.10 Å². The summed E-state index contributed by atoms with van der Waals surface area (Å²) in [5.74, 6) is 0.442. The van der Waals surface area contributed by atoms with Gasteiger partial charge in [-0.3, -0.25) is 0 Å². The van der Waals surface area contributed by atoms with Crippen LogP contribution in [0.25, 0.3) is 5.65 Å². The van der Waals surface area contributed by atoms with Crippen molar-refractivity contribution in [1.29, 1.82) is 0 Å². The molecule has 0 N–H and O–H groups in total. The number of aryl methyl sites for hydroxylation is 1. The van der Waals surface area contributed by atoms with Crippen molar-refractivity contribution in [2.75, 3.05) is 0 Å². The molecule has 1 fully saturated rings. The van der Waals surface area contributed by atoms with Crippen molar-refractivity contribution in [3.8, 4) is 0 Å². The van der Waals surface area contributed by atoms with Crippen molar-refractivity contribution in [3.63, 3.8) is 0 Å². The van der Waals surface area contributed by atoms with Crippen LogP contribution in [0, 0.1) is 6.92 Å². The maximum Gasteiger partial charge on any atom is 0.335 e. The highest BCUT2D eigenvalue weighted by atomic mass is 35.5. The van der Waals surface area contributed by atoms with E-state index in [1.807, 2.05) is 6.20 Å². The Hall–Kier alpha value is -2.00. The van der Waals surface area contributed by atoms with Crippen LogP contribution in [0.3, 0.4) is 0 Å². The summed E-state index contributed by atoms with van der Waals surface area (Å²) in [7, 11) is -3.58. The molecule has 0 amide bonds. The van der Waals surface area contributed by atoms with Gasteiger partial charge in [0.05, 0.1) is 5.25 Å². The second kappa shape index (κ2) is 6.06. The van der Waals surface area contributed by atoms with Gasteiger partial charge in [-0.25, -0.2) is 17.9 Å². The van der Waals surface area contributed by atoms with Gasteiger partial charge >= 0.3 is 5.22 Å². The van der Waals surface area contributed by atoms with E-state index in [9.17, 15) is 8.42 Å². The quantitative estimate of drug-likeness (QED) is 0.686. The van der Waals surface area contributed by atoms with E-state index in [0.717, 1.165) is 18.4 Å². The van der Waals surface area contributed by atoms with Crippen LogP contribution in [0.2, 0.25) is 5.02 Å². The van der Waals surface area contributed by atoms with Gasteiger partial charge in [0.25, 0.3) is 0 Å². The molecule has 10 heteroatoms. The monoisotopic (exact) mass is 381 g/mol. The van der Waals surface area contributed by atoms with Crippen molar-refractivity contribution >= 4 is 27.1 Å². The molecule has 0 spiro atoms. The number of sulfone groups is 1. The second-order valence-corrected chi connectivity index (χ2v) is 8.76. The van der Waals surface area contributed by atoms with E-state index in [4.69, 9.17) is 16.0 Å². The van der Waals surface area contributed by atoms with Crippen LogP contribution in [0.15, 0.2) is 28.2 Å². The maximum absolute atomic E-state index is 12.6. The van der Waals surface area contributed by atoms with E-state index in [1.54, 1.807) is 17.5 Å². The normalized spacial score (nSPS) is 21.7. The Labute approximate surface area is 149 Å². The van der Waals surface area contributed by atoms with Crippen LogP contribution in [0.1, 0.15) is 43.1 Å². The van der Waals surface area contributed by atoms with Crippen molar-refractivity contribution in [2.45, 2.75) is 49.0 Å². The number of pyridine rings is 1. The molecule has 132 valence electrons. The first-order valence-electron chi connectivity index (χ1n) is 7.98. The largest absolute Gasteiger partial charge is 0.413 e. The Kier molecular flexibility index (Phi) is 3.99. The summed E-state index contributed by atoms with van der Waals surface area (Å²) in [5.41, 5.74) is 1.67. The van der Waals surface area contributed by atoms with Crippen LogP contribution in [0.4, 0.5) is 0 Å². The molecule has 3 aromatic rings. The molecule has 4 rings (SSSR count). The number of hydrogen-bond acceptors (Lipinski definition) is 7. The summed E-state index contributed by atoms with van der Waals surface area (Å²) >= 11 is 6.39. The Bertz CT molecular complexity index is 1020. The third-order valence-corrected chi connectivity index (χ3v) is 7.03. The maximum atomic E-state index is 12.6. The minimum atomic E-state index is -3.58. The smallest absolute Gasteiger partial charge is 0.335 e. The van der Waals surface area contributed by atoms with Gasteiger partial charge < -0.3 is 4.42 Å². The highest BCUT2D eigenvalue weighted by Gasteiger charge is 2.36. The first-order valence-corrected chi connectivity index (χ1v) is 9.90. The molecule has 0 aliphatic heterocycles. The number of fused-ring (bicyclic) bond motifs is 1. The first-order chi connectivity index (χ1) is 11.9. The molecular weight excluding hydrogens is 366 g/mol. The van der Waals surface area contributed by atoms with Crippen LogP contribution in [-0.4, -0.2) is 38.5 Å². The summed E-state index contributed by atoms with van der Waals surface area (Å²) in [5, 5.41) is 11.3. The molecule has 1 aliphatic carbocycles. The Morgan fingerprint density at radius 3 is 2.68 bits per heavy atom. The summed E-state index contributed by atoms with van der Waals surface area (Å²) in [6.45, 7) is 1.57. The van der Waals surface area contributed by atoms with E-state index in [-0.39, 0.29) is 17.0 Å². The predicted molar refractivity (Wildman–Crippen MR) is 89.2 cm³/mol. The molecule has 1 saturated carbocycles. The SMILES string of the molecule is Cc1nnc(S(=O)(=O)[C@H]2CC[C@H](c3cn4ncnc4cc3Cl)CC2)o1. The molecule has 0 bridgehead atoms. The zero-order valence-electron chi connectivity index (χ0n) is 13.5. The first kappa shape index (κ1) is 16.5. The second-order valence-electron chi connectivity index (χ2n) is 6.25. The molecular formula is C15H16ClN5O3S. The number of halogens is 1. The predicted octanol–water partition coefficient (Wildman–Crippen LogP) is 2.57. The van der Waals surface area contributed by atoms with Gasteiger partial charge in [0.2, 0.25) is 15.7 Å². The molecule has 1 aliphatic rings. The summed E-state index contributed by atoms with van der Waals surface area (Å²) in [6, 6.07) is 1.79. The third-order valence-electron chi connectivity index (χ3n) is 4.70. The number of aromatic nitrogens is 5. The van der Waals surface area contributed by atoms with E-state index in [0.29, 0.717) is 23.5 Å².